The van der Waals surface area contributed by atoms with E-state index in [9.17, 15) is 14.7 Å². The Morgan fingerprint density at radius 2 is 1.78 bits per heavy atom. The maximum atomic E-state index is 13.9. The molecule has 1 aliphatic heterocycles. The SMILES string of the molecule is CCCCOc1ccc(C2C(=C(O)c3c(C)nc4ccccn34)C(=O)C(=O)N2c2nc3ccc(OCC)cc3s2)cc1OCC. The van der Waals surface area contributed by atoms with Crippen LogP contribution in [0, 0.1) is 6.92 Å². The number of ether oxygens (including phenoxy) is 3. The minimum absolute atomic E-state index is 0.0647. The van der Waals surface area contributed by atoms with Crippen LogP contribution < -0.4 is 19.1 Å². The first-order valence-corrected chi connectivity index (χ1v) is 15.9. The highest BCUT2D eigenvalue weighted by Gasteiger charge is 2.49. The van der Waals surface area contributed by atoms with E-state index >= 15 is 0 Å². The summed E-state index contributed by atoms with van der Waals surface area (Å²) in [6, 6.07) is 15.3. The number of anilines is 1. The number of aliphatic hydroxyl groups excluding tert-OH is 1. The van der Waals surface area contributed by atoms with Gasteiger partial charge in [0.2, 0.25) is 0 Å². The lowest BCUT2D eigenvalue weighted by Gasteiger charge is -2.24. The molecule has 6 rings (SSSR count). The number of fused-ring (bicyclic) bond motifs is 2. The Balaban J connectivity index is 1.55. The number of carbonyl (C=O) groups is 2. The van der Waals surface area contributed by atoms with E-state index in [0.29, 0.717) is 70.3 Å². The number of benzene rings is 2. The van der Waals surface area contributed by atoms with E-state index in [0.717, 1.165) is 17.5 Å². The van der Waals surface area contributed by atoms with E-state index < -0.39 is 17.7 Å². The third-order valence-corrected chi connectivity index (χ3v) is 8.59. The average molecular weight is 627 g/mol. The van der Waals surface area contributed by atoms with Crippen LogP contribution in [0.15, 0.2) is 66.4 Å². The van der Waals surface area contributed by atoms with E-state index in [4.69, 9.17) is 19.2 Å². The zero-order chi connectivity index (χ0) is 31.7. The lowest BCUT2D eigenvalue weighted by molar-refractivity contribution is -0.132. The number of carbonyl (C=O) groups excluding carboxylic acids is 2. The second-order valence-electron chi connectivity index (χ2n) is 10.5. The molecule has 1 amide bonds. The summed E-state index contributed by atoms with van der Waals surface area (Å²) in [5.74, 6) is -0.211. The van der Waals surface area contributed by atoms with Gasteiger partial charge in [-0.25, -0.2) is 9.97 Å². The summed E-state index contributed by atoms with van der Waals surface area (Å²) in [6.07, 6.45) is 3.62. The van der Waals surface area contributed by atoms with Crippen LogP contribution in [-0.2, 0) is 9.59 Å². The molecule has 1 atom stereocenters. The smallest absolute Gasteiger partial charge is 0.301 e. The van der Waals surface area contributed by atoms with Crippen molar-refractivity contribution in [3.05, 3.63) is 83.3 Å². The Hall–Kier alpha value is -4.90. The standard InChI is InChI=1S/C34H34N4O6S/c1-5-8-17-44-24-15-12-21(18-25(24)43-7-3)30-28(31(39)29-20(4)35-27-11-9-10-16-37(27)29)32(40)33(41)38(30)34-36-23-14-13-22(42-6-2)19-26(23)45-34/h9-16,18-19,30,39H,5-8,17H2,1-4H3. The second kappa shape index (κ2) is 12.6. The van der Waals surface area contributed by atoms with Crippen LogP contribution in [-0.4, -0.2) is 51.0 Å². The molecule has 0 bridgehead atoms. The quantitative estimate of drug-likeness (QED) is 0.0732. The predicted octanol–water partition coefficient (Wildman–Crippen LogP) is 6.86. The zero-order valence-electron chi connectivity index (χ0n) is 25.6. The van der Waals surface area contributed by atoms with Gasteiger partial charge in [0.05, 0.1) is 47.3 Å². The van der Waals surface area contributed by atoms with E-state index in [1.165, 1.54) is 16.2 Å². The van der Waals surface area contributed by atoms with Crippen molar-refractivity contribution in [3.8, 4) is 17.2 Å². The maximum Gasteiger partial charge on any atom is 0.301 e. The van der Waals surface area contributed by atoms with Gasteiger partial charge in [-0.1, -0.05) is 36.8 Å². The van der Waals surface area contributed by atoms with Gasteiger partial charge in [0.25, 0.3) is 5.78 Å². The van der Waals surface area contributed by atoms with Crippen molar-refractivity contribution in [3.63, 3.8) is 0 Å². The minimum atomic E-state index is -1.01. The second-order valence-corrected chi connectivity index (χ2v) is 11.6. The first kappa shape index (κ1) is 30.1. The summed E-state index contributed by atoms with van der Waals surface area (Å²) in [5, 5.41) is 12.2. The summed E-state index contributed by atoms with van der Waals surface area (Å²) in [7, 11) is 0. The van der Waals surface area contributed by atoms with Crippen molar-refractivity contribution in [2.45, 2.75) is 46.6 Å². The number of aryl methyl sites for hydroxylation is 1. The van der Waals surface area contributed by atoms with E-state index in [-0.39, 0.29) is 11.3 Å². The third kappa shape index (κ3) is 5.48. The Morgan fingerprint density at radius 1 is 0.956 bits per heavy atom. The van der Waals surface area contributed by atoms with Gasteiger partial charge in [-0.2, -0.15) is 0 Å². The van der Waals surface area contributed by atoms with Crippen molar-refractivity contribution >= 4 is 49.8 Å². The highest BCUT2D eigenvalue weighted by molar-refractivity contribution is 7.22. The van der Waals surface area contributed by atoms with Crippen LogP contribution in [0.5, 0.6) is 17.2 Å². The van der Waals surface area contributed by atoms with Gasteiger partial charge in [0, 0.05) is 6.20 Å². The Morgan fingerprint density at radius 3 is 2.56 bits per heavy atom. The molecule has 0 spiro atoms. The van der Waals surface area contributed by atoms with Gasteiger partial charge in [0.15, 0.2) is 22.4 Å². The van der Waals surface area contributed by atoms with Crippen LogP contribution in [0.4, 0.5) is 5.13 Å². The van der Waals surface area contributed by atoms with Crippen LogP contribution in [0.2, 0.25) is 0 Å². The highest BCUT2D eigenvalue weighted by atomic mass is 32.1. The predicted molar refractivity (Wildman–Crippen MR) is 174 cm³/mol. The molecule has 1 unspecified atom stereocenters. The molecule has 4 heterocycles. The summed E-state index contributed by atoms with van der Waals surface area (Å²) in [4.78, 5) is 38.5. The number of amides is 1. The highest BCUT2D eigenvalue weighted by Crippen LogP contribution is 2.46. The molecule has 11 heteroatoms. The molecule has 5 aromatic rings. The largest absolute Gasteiger partial charge is 0.505 e. The normalized spacial score (nSPS) is 16.2. The van der Waals surface area contributed by atoms with Gasteiger partial charge in [-0.05, 0) is 75.2 Å². The Labute approximate surface area is 264 Å². The fourth-order valence-electron chi connectivity index (χ4n) is 5.53. The fourth-order valence-corrected chi connectivity index (χ4v) is 6.55. The zero-order valence-corrected chi connectivity index (χ0v) is 26.4. The first-order chi connectivity index (χ1) is 21.9. The summed E-state index contributed by atoms with van der Waals surface area (Å²) >= 11 is 1.27. The molecule has 10 nitrogen and oxygen atoms in total. The van der Waals surface area contributed by atoms with Gasteiger partial charge in [0.1, 0.15) is 17.1 Å². The summed E-state index contributed by atoms with van der Waals surface area (Å²) in [5.41, 5.74) is 2.61. The van der Waals surface area contributed by atoms with Crippen molar-refractivity contribution in [1.82, 2.24) is 14.4 Å². The number of pyridine rings is 1. The van der Waals surface area contributed by atoms with Crippen molar-refractivity contribution in [2.24, 2.45) is 0 Å². The topological polar surface area (TPSA) is 115 Å². The Bertz CT molecular complexity index is 1940. The van der Waals surface area contributed by atoms with Crippen LogP contribution in [0.3, 0.4) is 0 Å². The lowest BCUT2D eigenvalue weighted by Crippen LogP contribution is -2.29. The van der Waals surface area contributed by atoms with Gasteiger partial charge in [-0.3, -0.25) is 18.9 Å². The molecular formula is C34H34N4O6S. The van der Waals surface area contributed by atoms with E-state index in [1.807, 2.05) is 50.2 Å². The monoisotopic (exact) mass is 626 g/mol. The summed E-state index contributed by atoms with van der Waals surface area (Å²) < 4.78 is 20.1. The van der Waals surface area contributed by atoms with Crippen molar-refractivity contribution < 1.29 is 28.9 Å². The summed E-state index contributed by atoms with van der Waals surface area (Å²) in [6.45, 7) is 9.04. The van der Waals surface area contributed by atoms with Crippen molar-refractivity contribution in [2.75, 3.05) is 24.7 Å². The number of unbranched alkanes of at least 4 members (excludes halogenated alkanes) is 1. The number of Topliss-reactive ketones (excluding diaryl/α,β-unsaturated/α-hetero) is 1. The molecule has 3 aromatic heterocycles. The molecule has 1 N–H and O–H groups in total. The number of hydrogen-bond donors (Lipinski definition) is 1. The number of aromatic nitrogens is 3. The number of aliphatic hydroxyl groups is 1. The molecule has 232 valence electrons. The number of nitrogens with zero attached hydrogens (tertiary/aromatic N) is 4. The van der Waals surface area contributed by atoms with Crippen molar-refractivity contribution in [1.29, 1.82) is 0 Å². The molecule has 0 radical (unpaired) electrons. The third-order valence-electron chi connectivity index (χ3n) is 7.58. The number of imidazole rings is 1. The van der Waals surface area contributed by atoms with E-state index in [2.05, 4.69) is 11.9 Å². The Kier molecular flexibility index (Phi) is 8.44. The van der Waals surface area contributed by atoms with Crippen LogP contribution in [0.1, 0.15) is 56.6 Å². The van der Waals surface area contributed by atoms with Gasteiger partial charge in [-0.15, -0.1) is 0 Å². The fraction of sp³-hybridized carbons (Fsp3) is 0.294. The molecule has 0 aliphatic carbocycles. The van der Waals surface area contributed by atoms with Crippen LogP contribution in [0.25, 0.3) is 21.6 Å². The van der Waals surface area contributed by atoms with Crippen LogP contribution >= 0.6 is 11.3 Å². The minimum Gasteiger partial charge on any atom is -0.505 e. The van der Waals surface area contributed by atoms with Gasteiger partial charge < -0.3 is 19.3 Å². The van der Waals surface area contributed by atoms with E-state index in [1.54, 1.807) is 35.7 Å². The molecule has 1 saturated heterocycles. The lowest BCUT2D eigenvalue weighted by atomic mass is 9.96. The number of rotatable bonds is 11. The molecule has 1 aliphatic rings. The molecular weight excluding hydrogens is 592 g/mol. The number of hydrogen-bond acceptors (Lipinski definition) is 9. The van der Waals surface area contributed by atoms with Gasteiger partial charge >= 0.3 is 5.91 Å². The first-order valence-electron chi connectivity index (χ1n) is 15.0. The average Bonchev–Trinajstić information content (AvgIpc) is 3.68. The molecule has 2 aromatic carbocycles. The molecule has 1 fully saturated rings. The number of ketones is 1. The molecule has 0 saturated carbocycles. The number of thiazole rings is 1. The maximum absolute atomic E-state index is 13.9. The molecule has 45 heavy (non-hydrogen) atoms.